The third-order valence-corrected chi connectivity index (χ3v) is 6.39. The maximum atomic E-state index is 12.6. The Hall–Kier alpha value is -1.72. The Kier molecular flexibility index (Phi) is 7.03. The minimum Gasteiger partial charge on any atom is -0.356 e. The highest BCUT2D eigenvalue weighted by atomic mass is 32.2. The number of azide groups is 1. The highest BCUT2D eigenvalue weighted by Crippen LogP contribution is 2.36. The first kappa shape index (κ1) is 23.0. The Bertz CT molecular complexity index is 884. The first-order chi connectivity index (χ1) is 14.1. The van der Waals surface area contributed by atoms with Crippen LogP contribution in [0.5, 0.6) is 0 Å². The van der Waals surface area contributed by atoms with Crippen molar-refractivity contribution in [3.63, 3.8) is 0 Å². The second-order valence-corrected chi connectivity index (χ2v) is 9.42. The molecule has 0 unspecified atom stereocenters. The van der Waals surface area contributed by atoms with Crippen molar-refractivity contribution < 1.29 is 31.5 Å². The van der Waals surface area contributed by atoms with Crippen molar-refractivity contribution in [1.82, 2.24) is 0 Å². The summed E-state index contributed by atoms with van der Waals surface area (Å²) in [6.07, 6.45) is -1.50. The molecule has 30 heavy (non-hydrogen) atoms. The average Bonchev–Trinajstić information content (AvgIpc) is 3.02. The topological polar surface area (TPSA) is 129 Å². The molecule has 1 aromatic rings. The van der Waals surface area contributed by atoms with Crippen LogP contribution in [-0.2, 0) is 33.2 Å². The highest BCUT2D eigenvalue weighted by molar-refractivity contribution is 7.86. The van der Waals surface area contributed by atoms with E-state index in [0.717, 1.165) is 5.56 Å². The van der Waals surface area contributed by atoms with Crippen molar-refractivity contribution in [2.24, 2.45) is 5.11 Å². The van der Waals surface area contributed by atoms with Gasteiger partial charge in [-0.2, -0.15) is 8.42 Å². The molecule has 10 nitrogen and oxygen atoms in total. The molecule has 5 atom stereocenters. The van der Waals surface area contributed by atoms with E-state index in [9.17, 15) is 8.42 Å². The Morgan fingerprint density at radius 3 is 2.53 bits per heavy atom. The van der Waals surface area contributed by atoms with Crippen LogP contribution in [0.15, 0.2) is 34.3 Å². The fraction of sp³-hybridized carbons (Fsp3) is 0.684. The molecule has 0 spiro atoms. The molecule has 0 radical (unpaired) electrons. The van der Waals surface area contributed by atoms with Gasteiger partial charge in [-0.25, -0.2) is 0 Å². The average molecular weight is 442 g/mol. The third-order valence-electron chi connectivity index (χ3n) is 5.09. The second-order valence-electron chi connectivity index (χ2n) is 7.81. The molecule has 1 aromatic carbocycles. The number of benzene rings is 1. The zero-order valence-corrected chi connectivity index (χ0v) is 18.2. The standard InChI is InChI=1S/C19H27N3O7S/c1-12-5-7-13(8-6-12)30(23,24)26-11-15-18(29-19(2,3)28-15)17-14(21-22-20)9-10-16(25-4)27-17/h5-8,14-18H,9-11H2,1-4H3/t14-,15+,16-,17-,18-/m1/s1. The number of hydrogen-bond acceptors (Lipinski definition) is 8. The quantitative estimate of drug-likeness (QED) is 0.275. The van der Waals surface area contributed by atoms with Gasteiger partial charge in [0.05, 0.1) is 23.6 Å². The predicted octanol–water partition coefficient (Wildman–Crippen LogP) is 3.05. The minimum absolute atomic E-state index is 0.0585. The summed E-state index contributed by atoms with van der Waals surface area (Å²) in [5.41, 5.74) is 9.86. The maximum absolute atomic E-state index is 12.6. The first-order valence-corrected chi connectivity index (χ1v) is 11.1. The number of rotatable bonds is 7. The van der Waals surface area contributed by atoms with Crippen molar-refractivity contribution in [2.75, 3.05) is 13.7 Å². The van der Waals surface area contributed by atoms with Crippen LogP contribution in [0.2, 0.25) is 0 Å². The van der Waals surface area contributed by atoms with Gasteiger partial charge in [-0.3, -0.25) is 4.18 Å². The molecule has 166 valence electrons. The number of nitrogens with zero attached hydrogens (tertiary/aromatic N) is 3. The smallest absolute Gasteiger partial charge is 0.297 e. The molecule has 0 aromatic heterocycles. The lowest BCUT2D eigenvalue weighted by Crippen LogP contribution is -2.50. The van der Waals surface area contributed by atoms with E-state index < -0.39 is 46.5 Å². The number of methoxy groups -OCH3 is 1. The summed E-state index contributed by atoms with van der Waals surface area (Å²) in [6.45, 7) is 5.03. The van der Waals surface area contributed by atoms with Crippen LogP contribution in [0.1, 0.15) is 32.3 Å². The Labute approximate surface area is 176 Å². The SMILES string of the molecule is CO[C@H]1CC[C@@H](N=[N+]=[N-])[C@H]([C@@H]2OC(C)(C)O[C@H]2COS(=O)(=O)c2ccc(C)cc2)O1. The molecular formula is C19H27N3O7S. The van der Waals surface area contributed by atoms with Gasteiger partial charge >= 0.3 is 0 Å². The van der Waals surface area contributed by atoms with Crippen LogP contribution in [0, 0.1) is 6.92 Å². The van der Waals surface area contributed by atoms with Crippen LogP contribution in [0.25, 0.3) is 10.4 Å². The van der Waals surface area contributed by atoms with Crippen LogP contribution < -0.4 is 0 Å². The van der Waals surface area contributed by atoms with Crippen molar-refractivity contribution in [3.05, 3.63) is 40.3 Å². The summed E-state index contributed by atoms with van der Waals surface area (Å²) in [6, 6.07) is 5.87. The molecule has 0 amide bonds. The molecular weight excluding hydrogens is 414 g/mol. The van der Waals surface area contributed by atoms with Crippen molar-refractivity contribution >= 4 is 10.1 Å². The van der Waals surface area contributed by atoms with Gasteiger partial charge in [0.2, 0.25) is 0 Å². The molecule has 0 saturated carbocycles. The summed E-state index contributed by atoms with van der Waals surface area (Å²) in [7, 11) is -2.45. The van der Waals surface area contributed by atoms with E-state index in [1.807, 2.05) is 6.92 Å². The summed E-state index contributed by atoms with van der Waals surface area (Å²) in [5.74, 6) is -0.989. The Morgan fingerprint density at radius 1 is 1.20 bits per heavy atom. The lowest BCUT2D eigenvalue weighted by atomic mass is 9.95. The number of hydrogen-bond donors (Lipinski definition) is 0. The summed E-state index contributed by atoms with van der Waals surface area (Å²) >= 11 is 0. The van der Waals surface area contributed by atoms with Gasteiger partial charge in [-0.1, -0.05) is 22.8 Å². The minimum atomic E-state index is -3.98. The summed E-state index contributed by atoms with van der Waals surface area (Å²) < 4.78 is 53.6. The molecule has 2 aliphatic rings. The fourth-order valence-corrected chi connectivity index (χ4v) is 4.58. The van der Waals surface area contributed by atoms with Gasteiger partial charge in [-0.15, -0.1) is 0 Å². The zero-order chi connectivity index (χ0) is 21.9. The number of ether oxygens (including phenoxy) is 4. The van der Waals surface area contributed by atoms with Gasteiger partial charge in [-0.05, 0) is 51.3 Å². The fourth-order valence-electron chi connectivity index (χ4n) is 3.66. The molecule has 0 bridgehead atoms. The molecule has 2 aliphatic heterocycles. The molecule has 0 N–H and O–H groups in total. The number of aryl methyl sites for hydroxylation is 1. The van der Waals surface area contributed by atoms with Crippen molar-refractivity contribution in [1.29, 1.82) is 0 Å². The monoisotopic (exact) mass is 441 g/mol. The van der Waals surface area contributed by atoms with E-state index >= 15 is 0 Å². The van der Waals surface area contributed by atoms with E-state index in [2.05, 4.69) is 10.0 Å². The Balaban J connectivity index is 1.78. The lowest BCUT2D eigenvalue weighted by molar-refractivity contribution is -0.223. The van der Waals surface area contributed by atoms with E-state index in [0.29, 0.717) is 12.8 Å². The summed E-state index contributed by atoms with van der Waals surface area (Å²) in [5, 5.41) is 3.83. The van der Waals surface area contributed by atoms with Crippen molar-refractivity contribution in [3.8, 4) is 0 Å². The van der Waals surface area contributed by atoms with E-state index in [-0.39, 0.29) is 11.5 Å². The van der Waals surface area contributed by atoms with Gasteiger partial charge in [0.25, 0.3) is 10.1 Å². The van der Waals surface area contributed by atoms with Gasteiger partial charge in [0.15, 0.2) is 12.1 Å². The molecule has 2 fully saturated rings. The van der Waals surface area contributed by atoms with Crippen LogP contribution in [0.3, 0.4) is 0 Å². The van der Waals surface area contributed by atoms with E-state index in [4.69, 9.17) is 28.7 Å². The van der Waals surface area contributed by atoms with E-state index in [1.54, 1.807) is 26.0 Å². The normalized spacial score (nSPS) is 31.3. The van der Waals surface area contributed by atoms with Crippen LogP contribution in [-0.4, -0.2) is 58.6 Å². The predicted molar refractivity (Wildman–Crippen MR) is 106 cm³/mol. The van der Waals surface area contributed by atoms with Gasteiger partial charge < -0.3 is 18.9 Å². The first-order valence-electron chi connectivity index (χ1n) is 9.69. The molecule has 2 saturated heterocycles. The second kappa shape index (κ2) is 9.19. The van der Waals surface area contributed by atoms with Crippen LogP contribution in [0.4, 0.5) is 0 Å². The van der Waals surface area contributed by atoms with E-state index in [1.165, 1.54) is 19.2 Å². The molecule has 3 rings (SSSR count). The highest BCUT2D eigenvalue weighted by Gasteiger charge is 2.50. The van der Waals surface area contributed by atoms with Crippen LogP contribution >= 0.6 is 0 Å². The van der Waals surface area contributed by atoms with Crippen molar-refractivity contribution in [2.45, 2.75) is 74.9 Å². The lowest BCUT2D eigenvalue weighted by Gasteiger charge is -2.37. The maximum Gasteiger partial charge on any atom is 0.297 e. The molecule has 2 heterocycles. The molecule has 11 heteroatoms. The largest absolute Gasteiger partial charge is 0.356 e. The van der Waals surface area contributed by atoms with Gasteiger partial charge in [0, 0.05) is 12.0 Å². The Morgan fingerprint density at radius 2 is 1.90 bits per heavy atom. The third kappa shape index (κ3) is 5.30. The summed E-state index contributed by atoms with van der Waals surface area (Å²) in [4.78, 5) is 2.96. The van der Waals surface area contributed by atoms with Gasteiger partial charge in [0.1, 0.15) is 12.2 Å². The molecule has 0 aliphatic carbocycles. The zero-order valence-electron chi connectivity index (χ0n) is 17.4.